The second kappa shape index (κ2) is 8.34. The third kappa shape index (κ3) is 4.83. The summed E-state index contributed by atoms with van der Waals surface area (Å²) in [6.07, 6.45) is 1.10. The van der Waals surface area contributed by atoms with Crippen LogP contribution in [0.15, 0.2) is 53.9 Å². The van der Waals surface area contributed by atoms with Gasteiger partial charge in [0.05, 0.1) is 23.2 Å². The van der Waals surface area contributed by atoms with Crippen molar-refractivity contribution in [3.63, 3.8) is 0 Å². The molecule has 29 heavy (non-hydrogen) atoms. The van der Waals surface area contributed by atoms with Crippen molar-refractivity contribution in [2.45, 2.75) is 19.8 Å². The Morgan fingerprint density at radius 1 is 1.10 bits per heavy atom. The summed E-state index contributed by atoms with van der Waals surface area (Å²) in [6.45, 7) is 4.29. The number of rotatable bonds is 6. The smallest absolute Gasteiger partial charge is 0.259 e. The summed E-state index contributed by atoms with van der Waals surface area (Å²) in [4.78, 5) is 17.3. The number of benzene rings is 2. The highest BCUT2D eigenvalue weighted by Crippen LogP contribution is 2.28. The minimum atomic E-state index is -3.49. The number of thiazole rings is 1. The van der Waals surface area contributed by atoms with Crippen molar-refractivity contribution >= 4 is 38.1 Å². The Kier molecular flexibility index (Phi) is 6.04. The van der Waals surface area contributed by atoms with Crippen LogP contribution in [0.4, 0.5) is 10.8 Å². The molecule has 0 aliphatic heterocycles. The van der Waals surface area contributed by atoms with E-state index in [9.17, 15) is 13.2 Å². The summed E-state index contributed by atoms with van der Waals surface area (Å²) in [7, 11) is -2.07. The van der Waals surface area contributed by atoms with E-state index in [0.717, 1.165) is 21.8 Å². The summed E-state index contributed by atoms with van der Waals surface area (Å²) >= 11 is 1.32. The third-order valence-electron chi connectivity index (χ3n) is 4.58. The molecular formula is C21H23N3O3S2. The Bertz CT molecular complexity index is 1120. The topological polar surface area (TPSA) is 79.4 Å². The Morgan fingerprint density at radius 3 is 2.38 bits per heavy atom. The molecule has 1 N–H and O–H groups in total. The molecule has 0 aliphatic rings. The van der Waals surface area contributed by atoms with Crippen LogP contribution in [0.2, 0.25) is 0 Å². The van der Waals surface area contributed by atoms with Crippen LogP contribution in [0.1, 0.15) is 35.7 Å². The lowest BCUT2D eigenvalue weighted by molar-refractivity contribution is 0.102. The number of amides is 1. The van der Waals surface area contributed by atoms with Crippen LogP contribution in [-0.4, -0.2) is 32.6 Å². The van der Waals surface area contributed by atoms with E-state index in [0.29, 0.717) is 16.7 Å². The fraction of sp³-hybridized carbons (Fsp3) is 0.238. The fourth-order valence-corrected chi connectivity index (χ4v) is 4.02. The zero-order valence-electron chi connectivity index (χ0n) is 16.7. The fourth-order valence-electron chi connectivity index (χ4n) is 2.79. The van der Waals surface area contributed by atoms with Gasteiger partial charge in [-0.2, -0.15) is 0 Å². The van der Waals surface area contributed by atoms with Gasteiger partial charge in [-0.05, 0) is 23.6 Å². The van der Waals surface area contributed by atoms with Crippen LogP contribution in [0, 0.1) is 0 Å². The van der Waals surface area contributed by atoms with Crippen LogP contribution >= 0.6 is 11.3 Å². The number of nitrogens with one attached hydrogen (secondary N) is 1. The van der Waals surface area contributed by atoms with Crippen molar-refractivity contribution in [2.75, 3.05) is 22.9 Å². The highest BCUT2D eigenvalue weighted by molar-refractivity contribution is 7.92. The van der Waals surface area contributed by atoms with Gasteiger partial charge in [0.1, 0.15) is 0 Å². The van der Waals surface area contributed by atoms with Crippen molar-refractivity contribution in [1.82, 2.24) is 4.98 Å². The molecule has 152 valence electrons. The van der Waals surface area contributed by atoms with E-state index in [1.165, 1.54) is 23.9 Å². The van der Waals surface area contributed by atoms with Gasteiger partial charge in [0.25, 0.3) is 5.91 Å². The number of hydrogen-bond acceptors (Lipinski definition) is 5. The Hall–Kier alpha value is -2.71. The molecule has 0 spiro atoms. The number of carbonyl (C=O) groups excluding carboxylic acids is 1. The zero-order chi connectivity index (χ0) is 21.2. The Balaban J connectivity index is 1.81. The maximum absolute atomic E-state index is 12.8. The number of sulfonamides is 1. The molecule has 0 atom stereocenters. The third-order valence-corrected chi connectivity index (χ3v) is 6.53. The lowest BCUT2D eigenvalue weighted by atomic mass is 10.0. The largest absolute Gasteiger partial charge is 0.298 e. The van der Waals surface area contributed by atoms with E-state index in [4.69, 9.17) is 0 Å². The van der Waals surface area contributed by atoms with Crippen LogP contribution in [0.25, 0.3) is 11.3 Å². The molecule has 0 saturated carbocycles. The minimum Gasteiger partial charge on any atom is -0.298 e. The molecule has 0 fully saturated rings. The predicted octanol–water partition coefficient (Wildman–Crippen LogP) is 4.58. The van der Waals surface area contributed by atoms with E-state index in [1.54, 1.807) is 24.3 Å². The van der Waals surface area contributed by atoms with Crippen molar-refractivity contribution in [2.24, 2.45) is 0 Å². The highest BCUT2D eigenvalue weighted by Gasteiger charge is 2.20. The number of para-hydroxylation sites is 1. The number of anilines is 2. The van der Waals surface area contributed by atoms with Gasteiger partial charge in [0.2, 0.25) is 10.0 Å². The van der Waals surface area contributed by atoms with Gasteiger partial charge in [0.15, 0.2) is 5.13 Å². The summed E-state index contributed by atoms with van der Waals surface area (Å²) < 4.78 is 24.8. The van der Waals surface area contributed by atoms with E-state index in [-0.39, 0.29) is 5.56 Å². The summed E-state index contributed by atoms with van der Waals surface area (Å²) in [5.74, 6) is 0.0478. The minimum absolute atomic E-state index is 0.262. The van der Waals surface area contributed by atoms with E-state index >= 15 is 0 Å². The van der Waals surface area contributed by atoms with Crippen LogP contribution < -0.4 is 9.62 Å². The van der Waals surface area contributed by atoms with Gasteiger partial charge in [-0.15, -0.1) is 11.3 Å². The van der Waals surface area contributed by atoms with Gasteiger partial charge in [0, 0.05) is 18.0 Å². The average molecular weight is 430 g/mol. The van der Waals surface area contributed by atoms with Crippen LogP contribution in [0.5, 0.6) is 0 Å². The zero-order valence-corrected chi connectivity index (χ0v) is 18.3. The molecule has 0 saturated heterocycles. The van der Waals surface area contributed by atoms with E-state index in [2.05, 4.69) is 36.3 Å². The van der Waals surface area contributed by atoms with E-state index in [1.807, 2.05) is 17.5 Å². The van der Waals surface area contributed by atoms with Crippen molar-refractivity contribution in [3.8, 4) is 11.3 Å². The first-order valence-corrected chi connectivity index (χ1v) is 11.8. The van der Waals surface area contributed by atoms with Gasteiger partial charge in [-0.25, -0.2) is 13.4 Å². The molecule has 8 heteroatoms. The standard InChI is InChI=1S/C21H23N3O3S2/c1-14(2)15-9-11-16(12-10-15)18-13-28-21(22-18)23-20(25)17-7-5-6-8-19(17)24(3)29(4,26)27/h5-14H,1-4H3,(H,22,23,25). The molecule has 3 rings (SSSR count). The first-order chi connectivity index (χ1) is 13.7. The average Bonchev–Trinajstić information content (AvgIpc) is 3.15. The van der Waals surface area contributed by atoms with Crippen molar-refractivity contribution in [1.29, 1.82) is 0 Å². The quantitative estimate of drug-likeness (QED) is 0.622. The molecule has 0 aliphatic carbocycles. The maximum Gasteiger partial charge on any atom is 0.259 e. The van der Waals surface area contributed by atoms with Gasteiger partial charge in [-0.3, -0.25) is 14.4 Å². The normalized spacial score (nSPS) is 11.5. The number of carbonyl (C=O) groups is 1. The SMILES string of the molecule is CC(C)c1ccc(-c2csc(NC(=O)c3ccccc3N(C)S(C)(=O)=O)n2)cc1. The van der Waals surface area contributed by atoms with E-state index < -0.39 is 15.9 Å². The molecule has 1 amide bonds. The summed E-state index contributed by atoms with van der Waals surface area (Å²) in [5, 5.41) is 5.11. The van der Waals surface area contributed by atoms with Gasteiger partial charge >= 0.3 is 0 Å². The first-order valence-electron chi connectivity index (χ1n) is 9.07. The van der Waals surface area contributed by atoms with Crippen molar-refractivity contribution in [3.05, 3.63) is 65.0 Å². The molecule has 3 aromatic rings. The lowest BCUT2D eigenvalue weighted by Gasteiger charge is -2.19. The number of hydrogen-bond donors (Lipinski definition) is 1. The predicted molar refractivity (Wildman–Crippen MR) is 119 cm³/mol. The molecule has 0 unspecified atom stereocenters. The van der Waals surface area contributed by atoms with Crippen LogP contribution in [0.3, 0.4) is 0 Å². The van der Waals surface area contributed by atoms with Crippen molar-refractivity contribution < 1.29 is 13.2 Å². The molecule has 0 bridgehead atoms. The maximum atomic E-state index is 12.8. The second-order valence-corrected chi connectivity index (χ2v) is 9.89. The van der Waals surface area contributed by atoms with Crippen LogP contribution in [-0.2, 0) is 10.0 Å². The first kappa shape index (κ1) is 21.0. The summed E-state index contributed by atoms with van der Waals surface area (Å²) in [6, 6.07) is 14.8. The molecule has 2 aromatic carbocycles. The Morgan fingerprint density at radius 2 is 1.76 bits per heavy atom. The second-order valence-electron chi connectivity index (χ2n) is 7.02. The number of nitrogens with zero attached hydrogens (tertiary/aromatic N) is 2. The molecule has 1 aromatic heterocycles. The molecular weight excluding hydrogens is 406 g/mol. The molecule has 6 nitrogen and oxygen atoms in total. The summed E-state index contributed by atoms with van der Waals surface area (Å²) in [5.41, 5.74) is 3.58. The lowest BCUT2D eigenvalue weighted by Crippen LogP contribution is -2.27. The Labute approximate surface area is 175 Å². The monoisotopic (exact) mass is 429 g/mol. The highest BCUT2D eigenvalue weighted by atomic mass is 32.2. The molecule has 1 heterocycles. The molecule has 0 radical (unpaired) electrons. The van der Waals surface area contributed by atoms with Gasteiger partial charge in [-0.1, -0.05) is 50.2 Å². The number of aromatic nitrogens is 1. The van der Waals surface area contributed by atoms with Gasteiger partial charge < -0.3 is 0 Å².